The van der Waals surface area contributed by atoms with Gasteiger partial charge in [0, 0.05) is 13.1 Å². The van der Waals surface area contributed by atoms with Crippen LogP contribution >= 0.6 is 0 Å². The largest absolute Gasteiger partial charge is 0.390 e. The number of rotatable bonds is 3. The summed E-state index contributed by atoms with van der Waals surface area (Å²) in [7, 11) is 0. The molecule has 7 heteroatoms. The number of hydrogen-bond donors (Lipinski definition) is 1. The fraction of sp³-hybridized carbons (Fsp3) is 0.500. The van der Waals surface area contributed by atoms with Crippen LogP contribution in [0.3, 0.4) is 0 Å². The molecular weight excluding hydrogens is 318 g/mol. The second-order valence-electron chi connectivity index (χ2n) is 6.80. The Morgan fingerprint density at radius 1 is 1.12 bits per heavy atom. The van der Waals surface area contributed by atoms with Crippen LogP contribution in [0.25, 0.3) is 5.69 Å². The molecule has 2 fully saturated rings. The summed E-state index contributed by atoms with van der Waals surface area (Å²) in [6, 6.07) is 7.44. The van der Waals surface area contributed by atoms with Gasteiger partial charge in [-0.1, -0.05) is 18.6 Å². The molecule has 2 saturated heterocycles. The van der Waals surface area contributed by atoms with E-state index in [2.05, 4.69) is 15.0 Å². The Balaban J connectivity index is 1.54. The number of carbonyl (C=O) groups is 1. The normalized spacial score (nSPS) is 24.6. The molecule has 0 aliphatic carbocycles. The lowest BCUT2D eigenvalue weighted by Gasteiger charge is -2.33. The van der Waals surface area contributed by atoms with Gasteiger partial charge in [-0.05, 0) is 38.1 Å². The van der Waals surface area contributed by atoms with Gasteiger partial charge in [-0.15, -0.1) is 0 Å². The Morgan fingerprint density at radius 3 is 2.68 bits per heavy atom. The monoisotopic (exact) mass is 341 g/mol. The molecule has 3 heterocycles. The molecule has 0 spiro atoms. The summed E-state index contributed by atoms with van der Waals surface area (Å²) >= 11 is 0. The molecule has 25 heavy (non-hydrogen) atoms. The molecule has 1 N–H and O–H groups in total. The molecule has 132 valence electrons. The number of carbonyl (C=O) groups excluding carboxylic acids is 1. The van der Waals surface area contributed by atoms with Gasteiger partial charge in [0.25, 0.3) is 5.91 Å². The van der Waals surface area contributed by atoms with E-state index in [4.69, 9.17) is 0 Å². The van der Waals surface area contributed by atoms with Gasteiger partial charge < -0.3 is 10.0 Å². The molecule has 0 radical (unpaired) electrons. The molecule has 2 aromatic rings. The lowest BCUT2D eigenvalue weighted by Crippen LogP contribution is -2.46. The van der Waals surface area contributed by atoms with Crippen LogP contribution in [0.1, 0.15) is 29.6 Å². The second-order valence-corrected chi connectivity index (χ2v) is 6.80. The fourth-order valence-electron chi connectivity index (χ4n) is 3.90. The third-order valence-corrected chi connectivity index (χ3v) is 5.21. The van der Waals surface area contributed by atoms with E-state index in [0.717, 1.165) is 13.1 Å². The Hall–Kier alpha value is -2.25. The standard InChI is InChI=1S/C18H23N5O2/c24-17-11-22(10-16(17)21-8-4-1-5-9-21)18(25)14-6-2-3-7-15(14)23-13-19-12-20-23/h2-3,6-7,12-13,16-17,24H,1,4-5,8-11H2/t16-,17-/m0/s1. The van der Waals surface area contributed by atoms with E-state index in [-0.39, 0.29) is 11.9 Å². The molecule has 0 bridgehead atoms. The highest BCUT2D eigenvalue weighted by Gasteiger charge is 2.38. The smallest absolute Gasteiger partial charge is 0.256 e. The first-order valence-electron chi connectivity index (χ1n) is 8.89. The average Bonchev–Trinajstić information content (AvgIpc) is 3.32. The minimum atomic E-state index is -0.486. The van der Waals surface area contributed by atoms with Crippen LogP contribution in [0.4, 0.5) is 0 Å². The summed E-state index contributed by atoms with van der Waals surface area (Å²) < 4.78 is 1.60. The summed E-state index contributed by atoms with van der Waals surface area (Å²) in [5.74, 6) is -0.0651. The van der Waals surface area contributed by atoms with Crippen LogP contribution in [-0.2, 0) is 0 Å². The van der Waals surface area contributed by atoms with Gasteiger partial charge in [0.2, 0.25) is 0 Å². The van der Waals surface area contributed by atoms with E-state index in [0.29, 0.717) is 24.3 Å². The molecule has 2 aliphatic heterocycles. The number of nitrogens with zero attached hydrogens (tertiary/aromatic N) is 5. The third kappa shape index (κ3) is 3.17. The van der Waals surface area contributed by atoms with Crippen molar-refractivity contribution < 1.29 is 9.90 Å². The number of aromatic nitrogens is 3. The van der Waals surface area contributed by atoms with E-state index < -0.39 is 6.10 Å². The number of para-hydroxylation sites is 1. The van der Waals surface area contributed by atoms with Gasteiger partial charge in [0.15, 0.2) is 0 Å². The summed E-state index contributed by atoms with van der Waals surface area (Å²) in [5, 5.41) is 14.6. The molecular formula is C18H23N5O2. The quantitative estimate of drug-likeness (QED) is 0.899. The Bertz CT molecular complexity index is 727. The maximum atomic E-state index is 13.1. The molecule has 0 saturated carbocycles. The number of benzene rings is 1. The highest BCUT2D eigenvalue weighted by Crippen LogP contribution is 2.24. The van der Waals surface area contributed by atoms with Crippen LogP contribution < -0.4 is 0 Å². The number of β-amino-alcohol motifs (C(OH)–C–C–N with tert-alkyl or cyclic N) is 1. The van der Waals surface area contributed by atoms with Crippen LogP contribution in [0.5, 0.6) is 0 Å². The van der Waals surface area contributed by atoms with E-state index in [1.807, 2.05) is 18.2 Å². The molecule has 2 aliphatic rings. The number of aliphatic hydroxyl groups excluding tert-OH is 1. The van der Waals surface area contributed by atoms with Crippen LogP contribution in [0, 0.1) is 0 Å². The topological polar surface area (TPSA) is 74.5 Å². The van der Waals surface area contributed by atoms with E-state index in [1.165, 1.54) is 25.6 Å². The number of hydrogen-bond acceptors (Lipinski definition) is 5. The minimum absolute atomic E-state index is 0.0442. The van der Waals surface area contributed by atoms with Crippen molar-refractivity contribution in [2.75, 3.05) is 26.2 Å². The van der Waals surface area contributed by atoms with Crippen LogP contribution in [-0.4, -0.2) is 73.9 Å². The van der Waals surface area contributed by atoms with Crippen molar-refractivity contribution in [2.24, 2.45) is 0 Å². The number of piperidine rings is 1. The van der Waals surface area contributed by atoms with Gasteiger partial charge in [-0.2, -0.15) is 5.10 Å². The van der Waals surface area contributed by atoms with E-state index in [9.17, 15) is 9.90 Å². The van der Waals surface area contributed by atoms with Crippen molar-refractivity contribution in [3.8, 4) is 5.69 Å². The first-order valence-corrected chi connectivity index (χ1v) is 8.89. The molecule has 7 nitrogen and oxygen atoms in total. The van der Waals surface area contributed by atoms with Crippen molar-refractivity contribution in [3.05, 3.63) is 42.5 Å². The summed E-state index contributed by atoms with van der Waals surface area (Å²) in [5.41, 5.74) is 1.29. The molecule has 0 unspecified atom stereocenters. The van der Waals surface area contributed by atoms with Gasteiger partial charge in [-0.3, -0.25) is 9.69 Å². The SMILES string of the molecule is O=C(c1ccccc1-n1cncn1)N1C[C@H](O)[C@@H](N2CCCCC2)C1. The molecule has 1 aromatic carbocycles. The number of aliphatic hydroxyl groups is 1. The summed E-state index contributed by atoms with van der Waals surface area (Å²) in [4.78, 5) is 21.1. The van der Waals surface area contributed by atoms with Crippen LogP contribution in [0.15, 0.2) is 36.9 Å². The van der Waals surface area contributed by atoms with Crippen molar-refractivity contribution >= 4 is 5.91 Å². The fourth-order valence-corrected chi connectivity index (χ4v) is 3.90. The average molecular weight is 341 g/mol. The predicted molar refractivity (Wildman–Crippen MR) is 92.5 cm³/mol. The maximum Gasteiger partial charge on any atom is 0.256 e. The first kappa shape index (κ1) is 16.2. The van der Waals surface area contributed by atoms with Crippen LogP contribution in [0.2, 0.25) is 0 Å². The highest BCUT2D eigenvalue weighted by molar-refractivity contribution is 5.98. The molecule has 4 rings (SSSR count). The second kappa shape index (κ2) is 6.93. The lowest BCUT2D eigenvalue weighted by atomic mass is 10.1. The Morgan fingerprint density at radius 2 is 1.92 bits per heavy atom. The van der Waals surface area contributed by atoms with Crippen molar-refractivity contribution in [1.29, 1.82) is 0 Å². The number of likely N-dealkylation sites (tertiary alicyclic amines) is 2. The van der Waals surface area contributed by atoms with Crippen molar-refractivity contribution in [1.82, 2.24) is 24.6 Å². The zero-order valence-electron chi connectivity index (χ0n) is 14.2. The van der Waals surface area contributed by atoms with E-state index >= 15 is 0 Å². The van der Waals surface area contributed by atoms with Gasteiger partial charge in [-0.25, -0.2) is 9.67 Å². The van der Waals surface area contributed by atoms with E-state index in [1.54, 1.807) is 22.0 Å². The summed E-state index contributed by atoms with van der Waals surface area (Å²) in [6.07, 6.45) is 6.15. The molecule has 1 amide bonds. The zero-order valence-corrected chi connectivity index (χ0v) is 14.2. The molecule has 2 atom stereocenters. The van der Waals surface area contributed by atoms with Gasteiger partial charge >= 0.3 is 0 Å². The Labute approximate surface area is 146 Å². The first-order chi connectivity index (χ1) is 12.2. The van der Waals surface area contributed by atoms with Crippen molar-refractivity contribution in [3.63, 3.8) is 0 Å². The molecule has 1 aromatic heterocycles. The Kier molecular flexibility index (Phi) is 4.50. The number of amides is 1. The third-order valence-electron chi connectivity index (χ3n) is 5.21. The lowest BCUT2D eigenvalue weighted by molar-refractivity contribution is 0.0702. The highest BCUT2D eigenvalue weighted by atomic mass is 16.3. The predicted octanol–water partition coefficient (Wildman–Crippen LogP) is 0.938. The summed E-state index contributed by atoms with van der Waals surface area (Å²) in [6.45, 7) is 2.98. The minimum Gasteiger partial charge on any atom is -0.390 e. The van der Waals surface area contributed by atoms with Gasteiger partial charge in [0.1, 0.15) is 12.7 Å². The van der Waals surface area contributed by atoms with Crippen molar-refractivity contribution in [2.45, 2.75) is 31.4 Å². The zero-order chi connectivity index (χ0) is 17.2. The maximum absolute atomic E-state index is 13.1. The van der Waals surface area contributed by atoms with Gasteiger partial charge in [0.05, 0.1) is 23.4 Å².